The van der Waals surface area contributed by atoms with E-state index in [-0.39, 0.29) is 24.5 Å². The standard InChI is InChI=1S/C26H21ClN2O3/c27-18-8-5-15(6-9-18)17-11-21-25(22(30)12-17)26(29-20-4-2-1-3-19(20)28-21)16-7-10-23-24(13-16)32-14-31-23/h1-10,13,17,26,28-29H,11-12,14H2/t17-,26-/m1/s1. The summed E-state index contributed by atoms with van der Waals surface area (Å²) in [5, 5.41) is 7.87. The van der Waals surface area contributed by atoms with Gasteiger partial charge in [0.2, 0.25) is 6.79 Å². The number of Topliss-reactive ketones (excluding diaryl/α,β-unsaturated/α-hetero) is 1. The molecule has 0 unspecified atom stereocenters. The molecule has 2 N–H and O–H groups in total. The van der Waals surface area contributed by atoms with E-state index >= 15 is 0 Å². The maximum atomic E-state index is 13.6. The third kappa shape index (κ3) is 3.30. The molecule has 2 aliphatic heterocycles. The number of ketones is 1. The maximum absolute atomic E-state index is 13.6. The zero-order valence-electron chi connectivity index (χ0n) is 17.2. The Bertz CT molecular complexity index is 1250. The van der Waals surface area contributed by atoms with Crippen LogP contribution in [0.4, 0.5) is 11.4 Å². The molecule has 0 saturated heterocycles. The lowest BCUT2D eigenvalue weighted by atomic mass is 9.78. The number of hydrogen-bond acceptors (Lipinski definition) is 5. The summed E-state index contributed by atoms with van der Waals surface area (Å²) >= 11 is 6.08. The molecular formula is C26H21ClN2O3. The van der Waals surface area contributed by atoms with Gasteiger partial charge in [0.15, 0.2) is 17.3 Å². The number of carbonyl (C=O) groups is 1. The van der Waals surface area contributed by atoms with Crippen molar-refractivity contribution in [3.05, 3.63) is 94.1 Å². The molecule has 0 saturated carbocycles. The van der Waals surface area contributed by atoms with Gasteiger partial charge in [0.25, 0.3) is 0 Å². The summed E-state index contributed by atoms with van der Waals surface area (Å²) in [6.07, 6.45) is 1.21. The minimum Gasteiger partial charge on any atom is -0.454 e. The van der Waals surface area contributed by atoms with E-state index in [1.807, 2.05) is 66.7 Å². The van der Waals surface area contributed by atoms with Gasteiger partial charge in [0.1, 0.15) is 0 Å². The molecule has 3 aromatic carbocycles. The number of para-hydroxylation sites is 2. The summed E-state index contributed by atoms with van der Waals surface area (Å²) in [6.45, 7) is 0.219. The molecule has 0 amide bonds. The fraction of sp³-hybridized carbons (Fsp3) is 0.192. The van der Waals surface area contributed by atoms with Crippen molar-refractivity contribution in [3.63, 3.8) is 0 Å². The molecule has 6 heteroatoms. The van der Waals surface area contributed by atoms with Crippen molar-refractivity contribution >= 4 is 28.8 Å². The lowest BCUT2D eigenvalue weighted by molar-refractivity contribution is -0.116. The lowest BCUT2D eigenvalue weighted by Gasteiger charge is -2.30. The number of benzene rings is 3. The summed E-state index contributed by atoms with van der Waals surface area (Å²) < 4.78 is 11.1. The highest BCUT2D eigenvalue weighted by Crippen LogP contribution is 2.45. The van der Waals surface area contributed by atoms with E-state index in [9.17, 15) is 4.79 Å². The molecule has 0 radical (unpaired) electrons. The number of allylic oxidation sites excluding steroid dienone is 1. The molecule has 160 valence electrons. The third-order valence-electron chi connectivity index (χ3n) is 6.38. The Kier molecular flexibility index (Phi) is 4.58. The molecule has 2 atom stereocenters. The minimum absolute atomic E-state index is 0.105. The van der Waals surface area contributed by atoms with Crippen LogP contribution in [0.3, 0.4) is 0 Å². The Morgan fingerprint density at radius 2 is 1.59 bits per heavy atom. The van der Waals surface area contributed by atoms with Gasteiger partial charge in [-0.15, -0.1) is 0 Å². The third-order valence-corrected chi connectivity index (χ3v) is 6.63. The number of fused-ring (bicyclic) bond motifs is 2. The minimum atomic E-state index is -0.283. The summed E-state index contributed by atoms with van der Waals surface area (Å²) in [5.41, 5.74) is 5.76. The Morgan fingerprint density at radius 1 is 0.844 bits per heavy atom. The molecule has 0 spiro atoms. The average Bonchev–Trinajstić information content (AvgIpc) is 3.20. The highest BCUT2D eigenvalue weighted by atomic mass is 35.5. The Hall–Kier alpha value is -3.44. The fourth-order valence-electron chi connectivity index (χ4n) is 4.81. The second-order valence-electron chi connectivity index (χ2n) is 8.33. The van der Waals surface area contributed by atoms with Gasteiger partial charge in [-0.3, -0.25) is 4.79 Å². The van der Waals surface area contributed by atoms with Gasteiger partial charge in [-0.2, -0.15) is 0 Å². The second-order valence-corrected chi connectivity index (χ2v) is 8.77. The van der Waals surface area contributed by atoms with Crippen LogP contribution in [-0.2, 0) is 4.79 Å². The maximum Gasteiger partial charge on any atom is 0.231 e. The normalized spacial score (nSPS) is 21.2. The first-order chi connectivity index (χ1) is 15.7. The van der Waals surface area contributed by atoms with Crippen molar-refractivity contribution in [2.24, 2.45) is 0 Å². The SMILES string of the molecule is O=C1C[C@H](c2ccc(Cl)cc2)CC2=C1[C@@H](c1ccc3c(c1)OCO3)Nc1ccccc1N2. The lowest BCUT2D eigenvalue weighted by Crippen LogP contribution is -2.26. The molecule has 6 rings (SSSR count). The van der Waals surface area contributed by atoms with Crippen molar-refractivity contribution in [3.8, 4) is 11.5 Å². The summed E-state index contributed by atoms with van der Waals surface area (Å²) in [5.74, 6) is 1.68. The molecule has 1 aliphatic carbocycles. The van der Waals surface area contributed by atoms with Crippen LogP contribution in [0.2, 0.25) is 5.02 Å². The van der Waals surface area contributed by atoms with Gasteiger partial charge in [0.05, 0.1) is 17.4 Å². The van der Waals surface area contributed by atoms with Crippen LogP contribution in [0.1, 0.15) is 35.9 Å². The van der Waals surface area contributed by atoms with E-state index in [1.54, 1.807) is 0 Å². The largest absolute Gasteiger partial charge is 0.454 e. The predicted octanol–water partition coefficient (Wildman–Crippen LogP) is 6.05. The van der Waals surface area contributed by atoms with E-state index in [2.05, 4.69) is 10.6 Å². The molecular weight excluding hydrogens is 424 g/mol. The molecule has 0 fully saturated rings. The topological polar surface area (TPSA) is 59.6 Å². The van der Waals surface area contributed by atoms with Crippen LogP contribution in [-0.4, -0.2) is 12.6 Å². The van der Waals surface area contributed by atoms with Gasteiger partial charge in [-0.05, 0) is 59.9 Å². The average molecular weight is 445 g/mol. The first kappa shape index (κ1) is 19.3. The molecule has 3 aliphatic rings. The van der Waals surface area contributed by atoms with Gasteiger partial charge in [-0.25, -0.2) is 0 Å². The van der Waals surface area contributed by atoms with Crippen molar-refractivity contribution in [2.75, 3.05) is 17.4 Å². The van der Waals surface area contributed by atoms with E-state index in [1.165, 1.54) is 0 Å². The number of anilines is 2. The number of rotatable bonds is 2. The highest BCUT2D eigenvalue weighted by Gasteiger charge is 2.36. The molecule has 2 heterocycles. The molecule has 32 heavy (non-hydrogen) atoms. The van der Waals surface area contributed by atoms with Crippen LogP contribution in [0.5, 0.6) is 11.5 Å². The van der Waals surface area contributed by atoms with Crippen molar-refractivity contribution in [1.29, 1.82) is 0 Å². The first-order valence-corrected chi connectivity index (χ1v) is 11.1. The fourth-order valence-corrected chi connectivity index (χ4v) is 4.93. The first-order valence-electron chi connectivity index (χ1n) is 10.7. The summed E-state index contributed by atoms with van der Waals surface area (Å²) in [7, 11) is 0. The number of nitrogens with one attached hydrogen (secondary N) is 2. The number of hydrogen-bond donors (Lipinski definition) is 2. The van der Waals surface area contributed by atoms with E-state index in [4.69, 9.17) is 21.1 Å². The van der Waals surface area contributed by atoms with E-state index in [0.717, 1.165) is 45.9 Å². The van der Waals surface area contributed by atoms with Gasteiger partial charge in [-0.1, -0.05) is 41.9 Å². The van der Waals surface area contributed by atoms with E-state index < -0.39 is 0 Å². The quantitative estimate of drug-likeness (QED) is 0.504. The molecule has 0 bridgehead atoms. The summed E-state index contributed by atoms with van der Waals surface area (Å²) in [4.78, 5) is 13.6. The van der Waals surface area contributed by atoms with Crippen LogP contribution in [0, 0.1) is 0 Å². The Labute approximate surface area is 191 Å². The Balaban J connectivity index is 1.45. The van der Waals surface area contributed by atoms with Gasteiger partial charge < -0.3 is 20.1 Å². The molecule has 0 aromatic heterocycles. The monoisotopic (exact) mass is 444 g/mol. The van der Waals surface area contributed by atoms with Crippen LogP contribution < -0.4 is 20.1 Å². The second kappa shape index (κ2) is 7.61. The van der Waals surface area contributed by atoms with Crippen LogP contribution in [0.15, 0.2) is 78.0 Å². The number of halogens is 1. The molecule has 5 nitrogen and oxygen atoms in total. The van der Waals surface area contributed by atoms with Crippen molar-refractivity contribution < 1.29 is 14.3 Å². The van der Waals surface area contributed by atoms with Crippen LogP contribution >= 0.6 is 11.6 Å². The smallest absolute Gasteiger partial charge is 0.231 e. The highest BCUT2D eigenvalue weighted by molar-refractivity contribution is 6.30. The molecule has 3 aromatic rings. The van der Waals surface area contributed by atoms with Crippen LogP contribution in [0.25, 0.3) is 0 Å². The van der Waals surface area contributed by atoms with Gasteiger partial charge in [0, 0.05) is 22.7 Å². The zero-order chi connectivity index (χ0) is 21.7. The van der Waals surface area contributed by atoms with Gasteiger partial charge >= 0.3 is 0 Å². The number of carbonyl (C=O) groups excluding carboxylic acids is 1. The number of ether oxygens (including phenoxy) is 2. The summed E-state index contributed by atoms with van der Waals surface area (Å²) in [6, 6.07) is 21.5. The predicted molar refractivity (Wildman–Crippen MR) is 124 cm³/mol. The Morgan fingerprint density at radius 3 is 2.44 bits per heavy atom. The van der Waals surface area contributed by atoms with Crippen molar-refractivity contribution in [2.45, 2.75) is 24.8 Å². The van der Waals surface area contributed by atoms with Crippen molar-refractivity contribution in [1.82, 2.24) is 0 Å². The van der Waals surface area contributed by atoms with E-state index in [0.29, 0.717) is 17.2 Å². The zero-order valence-corrected chi connectivity index (χ0v) is 18.0.